The Hall–Kier alpha value is -2.83. The molecule has 7 heteroatoms. The van der Waals surface area contributed by atoms with Gasteiger partial charge in [-0.3, -0.25) is 4.79 Å². The van der Waals surface area contributed by atoms with Gasteiger partial charge in [-0.05, 0) is 42.3 Å². The van der Waals surface area contributed by atoms with Crippen LogP contribution >= 0.6 is 0 Å². The molecule has 2 aromatic carbocycles. The molecule has 0 saturated carbocycles. The van der Waals surface area contributed by atoms with Gasteiger partial charge in [-0.25, -0.2) is 5.43 Å². The molecule has 0 aliphatic rings. The second-order valence-corrected chi connectivity index (χ2v) is 5.02. The molecule has 24 heavy (non-hydrogen) atoms. The van der Waals surface area contributed by atoms with Crippen LogP contribution in [0.15, 0.2) is 53.6 Å². The van der Waals surface area contributed by atoms with E-state index in [0.29, 0.717) is 5.75 Å². The van der Waals surface area contributed by atoms with Crippen LogP contribution in [0.2, 0.25) is 0 Å². The molecule has 0 aromatic heterocycles. The van der Waals surface area contributed by atoms with Crippen molar-refractivity contribution < 1.29 is 22.7 Å². The van der Waals surface area contributed by atoms with Crippen molar-refractivity contribution in [3.05, 3.63) is 65.2 Å². The Kier molecular flexibility index (Phi) is 5.57. The number of alkyl halides is 3. The predicted molar refractivity (Wildman–Crippen MR) is 83.9 cm³/mol. The van der Waals surface area contributed by atoms with E-state index in [9.17, 15) is 18.0 Å². The fourth-order valence-corrected chi connectivity index (χ4v) is 1.86. The number of hydrogen-bond donors (Lipinski definition) is 1. The highest BCUT2D eigenvalue weighted by molar-refractivity contribution is 5.83. The fraction of sp³-hybridized carbons (Fsp3) is 0.176. The zero-order chi connectivity index (χ0) is 17.6. The van der Waals surface area contributed by atoms with E-state index >= 15 is 0 Å². The molecule has 0 fully saturated rings. The molecule has 0 bridgehead atoms. The Labute approximate surface area is 137 Å². The van der Waals surface area contributed by atoms with Crippen LogP contribution in [0.3, 0.4) is 0 Å². The maximum atomic E-state index is 12.6. The number of nitrogens with one attached hydrogen (secondary N) is 1. The summed E-state index contributed by atoms with van der Waals surface area (Å²) >= 11 is 0. The minimum Gasteiger partial charge on any atom is -0.484 e. The molecule has 126 valence electrons. The lowest BCUT2D eigenvalue weighted by Crippen LogP contribution is -2.24. The molecule has 2 rings (SSSR count). The second kappa shape index (κ2) is 7.63. The molecule has 4 nitrogen and oxygen atoms in total. The number of aryl methyl sites for hydroxylation is 1. The van der Waals surface area contributed by atoms with Crippen molar-refractivity contribution in [3.63, 3.8) is 0 Å². The summed E-state index contributed by atoms with van der Waals surface area (Å²) < 4.78 is 43.0. The van der Waals surface area contributed by atoms with E-state index in [1.54, 1.807) is 18.2 Å². The zero-order valence-electron chi connectivity index (χ0n) is 12.8. The van der Waals surface area contributed by atoms with Crippen LogP contribution in [-0.2, 0) is 11.0 Å². The lowest BCUT2D eigenvalue weighted by molar-refractivity contribution is -0.137. The minimum atomic E-state index is -4.42. The van der Waals surface area contributed by atoms with E-state index in [4.69, 9.17) is 4.74 Å². The molecule has 0 atom stereocenters. The first-order valence-electron chi connectivity index (χ1n) is 7.03. The van der Waals surface area contributed by atoms with Gasteiger partial charge in [0.25, 0.3) is 5.91 Å². The molecule has 0 saturated heterocycles. The summed E-state index contributed by atoms with van der Waals surface area (Å²) in [4.78, 5) is 11.6. The van der Waals surface area contributed by atoms with Crippen LogP contribution in [0, 0.1) is 6.92 Å². The van der Waals surface area contributed by atoms with Crippen molar-refractivity contribution in [2.24, 2.45) is 5.10 Å². The number of amides is 1. The van der Waals surface area contributed by atoms with Gasteiger partial charge in [0, 0.05) is 0 Å². The summed E-state index contributed by atoms with van der Waals surface area (Å²) in [6.45, 7) is 1.65. The number of benzene rings is 2. The van der Waals surface area contributed by atoms with Crippen molar-refractivity contribution in [3.8, 4) is 5.75 Å². The van der Waals surface area contributed by atoms with Crippen molar-refractivity contribution in [2.45, 2.75) is 13.1 Å². The number of nitrogens with zero attached hydrogens (tertiary/aromatic N) is 1. The molecular weight excluding hydrogens is 321 g/mol. The molecule has 0 unspecified atom stereocenters. The number of carbonyl (C=O) groups is 1. The van der Waals surface area contributed by atoms with Crippen LogP contribution in [0.4, 0.5) is 13.2 Å². The normalized spacial score (nSPS) is 11.5. The molecule has 0 aliphatic carbocycles. The first-order chi connectivity index (χ1) is 11.3. The summed E-state index contributed by atoms with van der Waals surface area (Å²) in [6.07, 6.45) is -3.28. The van der Waals surface area contributed by atoms with Gasteiger partial charge in [-0.15, -0.1) is 0 Å². The predicted octanol–water partition coefficient (Wildman–Crippen LogP) is 3.54. The molecule has 2 aromatic rings. The van der Waals surface area contributed by atoms with E-state index in [2.05, 4.69) is 10.5 Å². The molecule has 0 radical (unpaired) electrons. The maximum Gasteiger partial charge on any atom is 0.416 e. The maximum absolute atomic E-state index is 12.6. The number of halogens is 3. The Morgan fingerprint density at radius 1 is 1.21 bits per heavy atom. The standard InChI is InChI=1S/C17H15F3N2O2/c1-12-4-2-7-15(8-12)24-11-16(23)22-21-10-13-5-3-6-14(9-13)17(18,19)20/h2-10H,11H2,1H3,(H,22,23). The monoisotopic (exact) mass is 336 g/mol. The van der Waals surface area contributed by atoms with E-state index in [1.165, 1.54) is 12.1 Å². The highest BCUT2D eigenvalue weighted by Crippen LogP contribution is 2.29. The Balaban J connectivity index is 1.86. The third kappa shape index (κ3) is 5.42. The van der Waals surface area contributed by atoms with Crippen molar-refractivity contribution >= 4 is 12.1 Å². The topological polar surface area (TPSA) is 50.7 Å². The molecule has 0 spiro atoms. The van der Waals surface area contributed by atoms with Crippen LogP contribution in [0.25, 0.3) is 0 Å². The number of rotatable bonds is 5. The van der Waals surface area contributed by atoms with E-state index in [0.717, 1.165) is 23.9 Å². The number of ether oxygens (including phenoxy) is 1. The first-order valence-corrected chi connectivity index (χ1v) is 7.03. The Morgan fingerprint density at radius 2 is 1.96 bits per heavy atom. The summed E-state index contributed by atoms with van der Waals surface area (Å²) in [5, 5.41) is 3.62. The van der Waals surface area contributed by atoms with E-state index in [-0.39, 0.29) is 12.2 Å². The average Bonchev–Trinajstić information content (AvgIpc) is 2.52. The smallest absolute Gasteiger partial charge is 0.416 e. The summed E-state index contributed by atoms with van der Waals surface area (Å²) in [5.41, 5.74) is 2.64. The molecule has 1 amide bonds. The van der Waals surface area contributed by atoms with Gasteiger partial charge in [-0.1, -0.05) is 24.3 Å². The first kappa shape index (κ1) is 17.5. The van der Waals surface area contributed by atoms with Crippen molar-refractivity contribution in [1.29, 1.82) is 0 Å². The Morgan fingerprint density at radius 3 is 2.67 bits per heavy atom. The molecule has 0 aliphatic heterocycles. The van der Waals surface area contributed by atoms with Gasteiger partial charge in [0.15, 0.2) is 6.61 Å². The van der Waals surface area contributed by atoms with E-state index < -0.39 is 17.6 Å². The van der Waals surface area contributed by atoms with Gasteiger partial charge in [0.1, 0.15) is 5.75 Å². The lowest BCUT2D eigenvalue weighted by atomic mass is 10.1. The van der Waals surface area contributed by atoms with Crippen LogP contribution in [0.1, 0.15) is 16.7 Å². The zero-order valence-corrected chi connectivity index (χ0v) is 12.8. The van der Waals surface area contributed by atoms with Gasteiger partial charge in [0.05, 0.1) is 11.8 Å². The average molecular weight is 336 g/mol. The fourth-order valence-electron chi connectivity index (χ4n) is 1.86. The summed E-state index contributed by atoms with van der Waals surface area (Å²) in [5.74, 6) is 0.0340. The highest BCUT2D eigenvalue weighted by atomic mass is 19.4. The summed E-state index contributed by atoms with van der Waals surface area (Å²) in [7, 11) is 0. The van der Waals surface area contributed by atoms with Gasteiger partial charge in [-0.2, -0.15) is 18.3 Å². The molecule has 0 heterocycles. The molecule has 1 N–H and O–H groups in total. The third-order valence-electron chi connectivity index (χ3n) is 2.98. The molecular formula is C17H15F3N2O2. The lowest BCUT2D eigenvalue weighted by Gasteiger charge is -2.07. The quantitative estimate of drug-likeness (QED) is 0.671. The Bertz CT molecular complexity index is 743. The SMILES string of the molecule is Cc1cccc(OCC(=O)NN=Cc2cccc(C(F)(F)F)c2)c1. The van der Waals surface area contributed by atoms with Crippen LogP contribution < -0.4 is 10.2 Å². The third-order valence-corrected chi connectivity index (χ3v) is 2.98. The number of carbonyl (C=O) groups excluding carboxylic acids is 1. The van der Waals surface area contributed by atoms with Gasteiger partial charge in [0.2, 0.25) is 0 Å². The number of hydrazone groups is 1. The summed E-state index contributed by atoms with van der Waals surface area (Å²) in [6, 6.07) is 11.8. The second-order valence-electron chi connectivity index (χ2n) is 5.02. The van der Waals surface area contributed by atoms with E-state index in [1.807, 2.05) is 13.0 Å². The highest BCUT2D eigenvalue weighted by Gasteiger charge is 2.30. The largest absolute Gasteiger partial charge is 0.484 e. The minimum absolute atomic E-state index is 0.227. The van der Waals surface area contributed by atoms with Crippen molar-refractivity contribution in [1.82, 2.24) is 5.43 Å². The van der Waals surface area contributed by atoms with Crippen LogP contribution in [0.5, 0.6) is 5.75 Å². The van der Waals surface area contributed by atoms with Crippen molar-refractivity contribution in [2.75, 3.05) is 6.61 Å². The van der Waals surface area contributed by atoms with Gasteiger partial charge >= 0.3 is 6.18 Å². The van der Waals surface area contributed by atoms with Crippen LogP contribution in [-0.4, -0.2) is 18.7 Å². The number of hydrogen-bond acceptors (Lipinski definition) is 3. The van der Waals surface area contributed by atoms with Gasteiger partial charge < -0.3 is 4.74 Å².